The Morgan fingerprint density at radius 1 is 1.00 bits per heavy atom. The molecule has 0 amide bonds. The Morgan fingerprint density at radius 3 is 2.18 bits per heavy atom. The molecule has 0 atom stereocenters. The van der Waals surface area contributed by atoms with Crippen molar-refractivity contribution in [2.75, 3.05) is 19.8 Å². The van der Waals surface area contributed by atoms with Crippen LogP contribution in [0.2, 0.25) is 0 Å². The second-order valence-electron chi connectivity index (χ2n) is 3.26. The van der Waals surface area contributed by atoms with Crippen molar-refractivity contribution in [3.8, 4) is 17.2 Å². The van der Waals surface area contributed by atoms with Crippen LogP contribution >= 0.6 is 0 Å². The number of carbonyl (C=O) groups is 1. The highest BCUT2D eigenvalue weighted by Gasteiger charge is 2.13. The third-order valence-electron chi connectivity index (χ3n) is 2.08. The summed E-state index contributed by atoms with van der Waals surface area (Å²) in [5.74, 6) is 1.64. The minimum Gasteiger partial charge on any atom is -0.494 e. The van der Waals surface area contributed by atoms with Crippen LogP contribution in [-0.4, -0.2) is 26.1 Å². The average molecular weight is 238 g/mol. The van der Waals surface area contributed by atoms with Crippen molar-refractivity contribution < 1.29 is 19.0 Å². The Hall–Kier alpha value is -1.71. The van der Waals surface area contributed by atoms with Gasteiger partial charge in [0, 0.05) is 6.07 Å². The summed E-state index contributed by atoms with van der Waals surface area (Å²) < 4.78 is 16.3. The van der Waals surface area contributed by atoms with Gasteiger partial charge < -0.3 is 14.2 Å². The van der Waals surface area contributed by atoms with E-state index in [0.717, 1.165) is 6.29 Å². The number of benzene rings is 1. The van der Waals surface area contributed by atoms with Crippen molar-refractivity contribution in [2.24, 2.45) is 0 Å². The van der Waals surface area contributed by atoms with Gasteiger partial charge >= 0.3 is 0 Å². The molecule has 0 saturated heterocycles. The molecule has 0 aliphatic rings. The van der Waals surface area contributed by atoms with Crippen LogP contribution in [0.1, 0.15) is 31.1 Å². The molecular weight excluding hydrogens is 220 g/mol. The lowest BCUT2D eigenvalue weighted by atomic mass is 10.2. The maximum absolute atomic E-state index is 11.0. The summed E-state index contributed by atoms with van der Waals surface area (Å²) in [5, 5.41) is 0. The molecule has 1 rings (SSSR count). The van der Waals surface area contributed by atoms with Crippen LogP contribution in [0.25, 0.3) is 0 Å². The molecule has 0 fully saturated rings. The van der Waals surface area contributed by atoms with Crippen LogP contribution in [0.5, 0.6) is 17.2 Å². The molecule has 17 heavy (non-hydrogen) atoms. The highest BCUT2D eigenvalue weighted by molar-refractivity contribution is 5.82. The molecule has 4 nitrogen and oxygen atoms in total. The van der Waals surface area contributed by atoms with Gasteiger partial charge in [-0.15, -0.1) is 0 Å². The molecular formula is C13H18O4. The van der Waals surface area contributed by atoms with E-state index in [0.29, 0.717) is 42.6 Å². The third-order valence-corrected chi connectivity index (χ3v) is 2.08. The van der Waals surface area contributed by atoms with Crippen LogP contribution in [-0.2, 0) is 0 Å². The molecule has 0 aliphatic carbocycles. The highest BCUT2D eigenvalue weighted by atomic mass is 16.5. The largest absolute Gasteiger partial charge is 0.494 e. The molecule has 0 aliphatic heterocycles. The number of hydrogen-bond donors (Lipinski definition) is 0. The molecule has 0 spiro atoms. The molecule has 0 N–H and O–H groups in total. The van der Waals surface area contributed by atoms with Gasteiger partial charge in [0.25, 0.3) is 0 Å². The van der Waals surface area contributed by atoms with Crippen LogP contribution in [0.15, 0.2) is 12.1 Å². The summed E-state index contributed by atoms with van der Waals surface area (Å²) in [6.45, 7) is 7.16. The summed E-state index contributed by atoms with van der Waals surface area (Å²) in [6, 6.07) is 3.40. The van der Waals surface area contributed by atoms with Gasteiger partial charge in [-0.25, -0.2) is 0 Å². The Labute approximate surface area is 101 Å². The van der Waals surface area contributed by atoms with E-state index in [2.05, 4.69) is 0 Å². The minimum absolute atomic E-state index is 0.446. The zero-order valence-electron chi connectivity index (χ0n) is 10.5. The Kier molecular flexibility index (Phi) is 5.33. The molecule has 1 aromatic rings. The van der Waals surface area contributed by atoms with E-state index < -0.39 is 0 Å². The molecule has 1 aromatic carbocycles. The summed E-state index contributed by atoms with van der Waals surface area (Å²) in [6.07, 6.45) is 0.746. The smallest absolute Gasteiger partial charge is 0.171 e. The van der Waals surface area contributed by atoms with E-state index >= 15 is 0 Å². The summed E-state index contributed by atoms with van der Waals surface area (Å²) >= 11 is 0. The van der Waals surface area contributed by atoms with Crippen LogP contribution < -0.4 is 14.2 Å². The molecule has 0 unspecified atom stereocenters. The van der Waals surface area contributed by atoms with Crippen molar-refractivity contribution in [1.29, 1.82) is 0 Å². The summed E-state index contributed by atoms with van der Waals surface area (Å²) in [4.78, 5) is 11.0. The Bertz CT molecular complexity index is 374. The standard InChI is InChI=1S/C13H18O4/c1-4-15-11-7-10(9-14)13(17-6-3)12(8-11)16-5-2/h7-9H,4-6H2,1-3H3. The molecule has 0 aromatic heterocycles. The quantitative estimate of drug-likeness (QED) is 0.685. The van der Waals surface area contributed by atoms with Gasteiger partial charge in [-0.3, -0.25) is 4.79 Å². The Balaban J connectivity index is 3.18. The predicted molar refractivity (Wildman–Crippen MR) is 65.3 cm³/mol. The minimum atomic E-state index is 0.446. The Morgan fingerprint density at radius 2 is 1.65 bits per heavy atom. The molecule has 0 bridgehead atoms. The third kappa shape index (κ3) is 3.37. The highest BCUT2D eigenvalue weighted by Crippen LogP contribution is 2.35. The van der Waals surface area contributed by atoms with Crippen LogP contribution in [0.4, 0.5) is 0 Å². The fourth-order valence-corrected chi connectivity index (χ4v) is 1.50. The first kappa shape index (κ1) is 13.4. The van der Waals surface area contributed by atoms with Gasteiger partial charge in [-0.1, -0.05) is 0 Å². The second kappa shape index (κ2) is 6.78. The average Bonchev–Trinajstić information content (AvgIpc) is 2.33. The van der Waals surface area contributed by atoms with Crippen LogP contribution in [0.3, 0.4) is 0 Å². The molecule has 4 heteroatoms. The lowest BCUT2D eigenvalue weighted by Crippen LogP contribution is -2.03. The summed E-state index contributed by atoms with van der Waals surface area (Å²) in [7, 11) is 0. The van der Waals surface area contributed by atoms with Crippen molar-refractivity contribution >= 4 is 6.29 Å². The van der Waals surface area contributed by atoms with Crippen molar-refractivity contribution in [2.45, 2.75) is 20.8 Å². The van der Waals surface area contributed by atoms with Gasteiger partial charge in [-0.05, 0) is 26.8 Å². The monoisotopic (exact) mass is 238 g/mol. The fourth-order valence-electron chi connectivity index (χ4n) is 1.50. The van der Waals surface area contributed by atoms with Crippen molar-refractivity contribution in [3.63, 3.8) is 0 Å². The summed E-state index contributed by atoms with van der Waals surface area (Å²) in [5.41, 5.74) is 0.446. The maximum atomic E-state index is 11.0. The lowest BCUT2D eigenvalue weighted by Gasteiger charge is -2.14. The van der Waals surface area contributed by atoms with Gasteiger partial charge in [0.1, 0.15) is 5.75 Å². The van der Waals surface area contributed by atoms with Crippen LogP contribution in [0, 0.1) is 0 Å². The first-order chi connectivity index (χ1) is 8.26. The lowest BCUT2D eigenvalue weighted by molar-refractivity contribution is 0.111. The zero-order valence-corrected chi connectivity index (χ0v) is 10.5. The normalized spacial score (nSPS) is 9.82. The molecule has 94 valence electrons. The van der Waals surface area contributed by atoms with E-state index in [4.69, 9.17) is 14.2 Å². The van der Waals surface area contributed by atoms with E-state index in [-0.39, 0.29) is 0 Å². The maximum Gasteiger partial charge on any atom is 0.171 e. The first-order valence-electron chi connectivity index (χ1n) is 5.78. The van der Waals surface area contributed by atoms with E-state index in [9.17, 15) is 4.79 Å². The predicted octanol–water partition coefficient (Wildman–Crippen LogP) is 2.70. The fraction of sp³-hybridized carbons (Fsp3) is 0.462. The zero-order chi connectivity index (χ0) is 12.7. The van der Waals surface area contributed by atoms with Gasteiger partial charge in [0.2, 0.25) is 0 Å². The number of aldehydes is 1. The van der Waals surface area contributed by atoms with E-state index in [1.165, 1.54) is 0 Å². The first-order valence-corrected chi connectivity index (χ1v) is 5.78. The molecule has 0 saturated carbocycles. The van der Waals surface area contributed by atoms with E-state index in [1.54, 1.807) is 12.1 Å². The number of ether oxygens (including phenoxy) is 3. The van der Waals surface area contributed by atoms with Gasteiger partial charge in [0.05, 0.1) is 25.4 Å². The van der Waals surface area contributed by atoms with Gasteiger partial charge in [0.15, 0.2) is 17.8 Å². The number of rotatable bonds is 7. The van der Waals surface area contributed by atoms with Crippen molar-refractivity contribution in [1.82, 2.24) is 0 Å². The van der Waals surface area contributed by atoms with Gasteiger partial charge in [-0.2, -0.15) is 0 Å². The van der Waals surface area contributed by atoms with Crippen molar-refractivity contribution in [3.05, 3.63) is 17.7 Å². The second-order valence-corrected chi connectivity index (χ2v) is 3.26. The topological polar surface area (TPSA) is 44.8 Å². The SMILES string of the molecule is CCOc1cc(C=O)c(OCC)c(OCC)c1. The molecule has 0 heterocycles. The van der Waals surface area contributed by atoms with E-state index in [1.807, 2.05) is 20.8 Å². The number of carbonyl (C=O) groups excluding carboxylic acids is 1. The molecule has 0 radical (unpaired) electrons. The number of hydrogen-bond acceptors (Lipinski definition) is 4.